The van der Waals surface area contributed by atoms with Gasteiger partial charge in [0.1, 0.15) is 5.54 Å². The Morgan fingerprint density at radius 1 is 1.42 bits per heavy atom. The van der Waals surface area contributed by atoms with E-state index in [2.05, 4.69) is 10.6 Å². The summed E-state index contributed by atoms with van der Waals surface area (Å²) in [5, 5.41) is 15.0. The molecule has 2 unspecified atom stereocenters. The summed E-state index contributed by atoms with van der Waals surface area (Å²) < 4.78 is 0. The molecule has 0 aliphatic carbocycles. The van der Waals surface area contributed by atoms with Gasteiger partial charge in [0.15, 0.2) is 0 Å². The second-order valence-corrected chi connectivity index (χ2v) is 6.62. The van der Waals surface area contributed by atoms with Crippen LogP contribution in [0.25, 0.3) is 0 Å². The van der Waals surface area contributed by atoms with Crippen LogP contribution in [0.5, 0.6) is 0 Å². The van der Waals surface area contributed by atoms with Crippen molar-refractivity contribution in [3.8, 4) is 0 Å². The van der Waals surface area contributed by atoms with Gasteiger partial charge in [-0.05, 0) is 31.9 Å². The molecule has 5 nitrogen and oxygen atoms in total. The molecule has 3 N–H and O–H groups in total. The first-order valence-corrected chi connectivity index (χ1v) is 7.94. The van der Waals surface area contributed by atoms with Crippen molar-refractivity contribution in [2.75, 3.05) is 12.3 Å². The standard InChI is InChI=1S/C13H24N2O3S/c1-3-7-13(2,11(16)17)15-12(18)14-9-10-6-4-5-8-19-10/h10H,3-9H2,1-2H3,(H,16,17)(H2,14,15,18). The average Bonchev–Trinajstić information content (AvgIpc) is 2.37. The van der Waals surface area contributed by atoms with Crippen molar-refractivity contribution in [1.82, 2.24) is 10.6 Å². The van der Waals surface area contributed by atoms with Gasteiger partial charge >= 0.3 is 12.0 Å². The quantitative estimate of drug-likeness (QED) is 0.700. The van der Waals surface area contributed by atoms with Crippen molar-refractivity contribution < 1.29 is 14.7 Å². The maximum absolute atomic E-state index is 11.8. The third-order valence-corrected chi connectivity index (χ3v) is 4.77. The van der Waals surface area contributed by atoms with Gasteiger partial charge in [0, 0.05) is 11.8 Å². The highest BCUT2D eigenvalue weighted by atomic mass is 32.2. The molecule has 0 saturated carbocycles. The van der Waals surface area contributed by atoms with E-state index in [9.17, 15) is 14.7 Å². The number of hydrogen-bond acceptors (Lipinski definition) is 3. The Morgan fingerprint density at radius 2 is 2.16 bits per heavy atom. The van der Waals surface area contributed by atoms with Crippen LogP contribution in [0.1, 0.15) is 46.0 Å². The summed E-state index contributed by atoms with van der Waals surface area (Å²) in [6.45, 7) is 4.06. The highest BCUT2D eigenvalue weighted by Crippen LogP contribution is 2.24. The number of hydrogen-bond donors (Lipinski definition) is 3. The van der Waals surface area contributed by atoms with Crippen molar-refractivity contribution in [2.45, 2.75) is 56.7 Å². The maximum Gasteiger partial charge on any atom is 0.329 e. The number of nitrogens with one attached hydrogen (secondary N) is 2. The summed E-state index contributed by atoms with van der Waals surface area (Å²) in [6, 6.07) is -0.385. The van der Waals surface area contributed by atoms with E-state index in [4.69, 9.17) is 0 Å². The predicted octanol–water partition coefficient (Wildman–Crippen LogP) is 2.21. The third kappa shape index (κ3) is 5.30. The molecule has 110 valence electrons. The summed E-state index contributed by atoms with van der Waals surface area (Å²) >= 11 is 1.88. The number of carbonyl (C=O) groups excluding carboxylic acids is 1. The largest absolute Gasteiger partial charge is 0.480 e. The van der Waals surface area contributed by atoms with Crippen LogP contribution in [-0.2, 0) is 4.79 Å². The van der Waals surface area contributed by atoms with Gasteiger partial charge in [-0.1, -0.05) is 19.8 Å². The molecule has 1 heterocycles. The third-order valence-electron chi connectivity index (χ3n) is 3.38. The Kier molecular flexibility index (Phi) is 6.48. The fraction of sp³-hybridized carbons (Fsp3) is 0.846. The number of amides is 2. The lowest BCUT2D eigenvalue weighted by Crippen LogP contribution is -2.55. The van der Waals surface area contributed by atoms with Gasteiger partial charge in [-0.15, -0.1) is 0 Å². The minimum Gasteiger partial charge on any atom is -0.480 e. The SMILES string of the molecule is CCCC(C)(NC(=O)NCC1CCCCS1)C(=O)O. The second kappa shape index (κ2) is 7.62. The lowest BCUT2D eigenvalue weighted by molar-refractivity contribution is -0.144. The van der Waals surface area contributed by atoms with Crippen molar-refractivity contribution >= 4 is 23.8 Å². The van der Waals surface area contributed by atoms with Crippen LogP contribution in [-0.4, -0.2) is 40.2 Å². The number of carboxylic acid groups (broad SMARTS) is 1. The van der Waals surface area contributed by atoms with E-state index in [0.717, 1.165) is 12.2 Å². The lowest BCUT2D eigenvalue weighted by atomic mass is 9.97. The normalized spacial score (nSPS) is 22.3. The van der Waals surface area contributed by atoms with Gasteiger partial charge < -0.3 is 15.7 Å². The topological polar surface area (TPSA) is 78.4 Å². The number of carboxylic acids is 1. The van der Waals surface area contributed by atoms with Crippen LogP contribution in [0.15, 0.2) is 0 Å². The van der Waals surface area contributed by atoms with Gasteiger partial charge in [-0.2, -0.15) is 11.8 Å². The maximum atomic E-state index is 11.8. The number of thioether (sulfide) groups is 1. The molecule has 0 bridgehead atoms. The Bertz CT molecular complexity index is 319. The van der Waals surface area contributed by atoms with Crippen molar-refractivity contribution in [3.05, 3.63) is 0 Å². The smallest absolute Gasteiger partial charge is 0.329 e. The number of aliphatic carboxylic acids is 1. The van der Waals surface area contributed by atoms with Crippen LogP contribution in [0, 0.1) is 0 Å². The van der Waals surface area contributed by atoms with Gasteiger partial charge in [-0.3, -0.25) is 0 Å². The molecule has 1 saturated heterocycles. The molecule has 1 rings (SSSR count). The van der Waals surface area contributed by atoms with E-state index in [0.29, 0.717) is 24.6 Å². The number of urea groups is 1. The minimum absolute atomic E-state index is 0.385. The zero-order chi connectivity index (χ0) is 14.3. The molecule has 0 spiro atoms. The summed E-state index contributed by atoms with van der Waals surface area (Å²) in [5.74, 6) is 0.160. The molecule has 2 atom stereocenters. The Hall–Kier alpha value is -0.910. The molecule has 0 aromatic rings. The molecule has 2 amide bonds. The van der Waals surface area contributed by atoms with E-state index in [1.165, 1.54) is 12.8 Å². The average molecular weight is 288 g/mol. The van der Waals surface area contributed by atoms with Crippen molar-refractivity contribution in [1.29, 1.82) is 0 Å². The van der Waals surface area contributed by atoms with Gasteiger partial charge in [-0.25, -0.2) is 9.59 Å². The molecular weight excluding hydrogens is 264 g/mol. The summed E-state index contributed by atoms with van der Waals surface area (Å²) in [6.07, 6.45) is 4.72. The summed E-state index contributed by atoms with van der Waals surface area (Å²) in [4.78, 5) is 23.0. The monoisotopic (exact) mass is 288 g/mol. The second-order valence-electron chi connectivity index (χ2n) is 5.21. The fourth-order valence-electron chi connectivity index (χ4n) is 2.19. The van der Waals surface area contributed by atoms with Crippen LogP contribution in [0.3, 0.4) is 0 Å². The molecule has 1 fully saturated rings. The van der Waals surface area contributed by atoms with E-state index in [-0.39, 0.29) is 6.03 Å². The Morgan fingerprint density at radius 3 is 2.68 bits per heavy atom. The lowest BCUT2D eigenvalue weighted by Gasteiger charge is -2.27. The molecule has 19 heavy (non-hydrogen) atoms. The number of rotatable bonds is 6. The van der Waals surface area contributed by atoms with E-state index >= 15 is 0 Å². The van der Waals surface area contributed by atoms with E-state index in [1.54, 1.807) is 6.92 Å². The molecule has 1 aliphatic rings. The van der Waals surface area contributed by atoms with Crippen LogP contribution >= 0.6 is 11.8 Å². The zero-order valence-corrected chi connectivity index (χ0v) is 12.5. The molecule has 1 aliphatic heterocycles. The molecule has 6 heteroatoms. The van der Waals surface area contributed by atoms with Crippen LogP contribution < -0.4 is 10.6 Å². The molecule has 0 radical (unpaired) electrons. The highest BCUT2D eigenvalue weighted by Gasteiger charge is 2.33. The van der Waals surface area contributed by atoms with Crippen LogP contribution in [0.2, 0.25) is 0 Å². The first-order valence-electron chi connectivity index (χ1n) is 6.89. The molecule has 0 aromatic carbocycles. The number of carbonyl (C=O) groups is 2. The van der Waals surface area contributed by atoms with Crippen molar-refractivity contribution in [2.24, 2.45) is 0 Å². The first-order chi connectivity index (χ1) is 8.98. The Balaban J connectivity index is 2.37. The fourth-order valence-corrected chi connectivity index (χ4v) is 3.43. The van der Waals surface area contributed by atoms with Crippen molar-refractivity contribution in [3.63, 3.8) is 0 Å². The van der Waals surface area contributed by atoms with Gasteiger partial charge in [0.25, 0.3) is 0 Å². The van der Waals surface area contributed by atoms with Crippen LogP contribution in [0.4, 0.5) is 4.79 Å². The zero-order valence-electron chi connectivity index (χ0n) is 11.7. The van der Waals surface area contributed by atoms with E-state index < -0.39 is 11.5 Å². The molecular formula is C13H24N2O3S. The van der Waals surface area contributed by atoms with E-state index in [1.807, 2.05) is 18.7 Å². The minimum atomic E-state index is -1.18. The highest BCUT2D eigenvalue weighted by molar-refractivity contribution is 7.99. The predicted molar refractivity (Wildman–Crippen MR) is 77.6 cm³/mol. The van der Waals surface area contributed by atoms with Gasteiger partial charge in [0.05, 0.1) is 0 Å². The Labute approximate surface area is 118 Å². The van der Waals surface area contributed by atoms with Gasteiger partial charge in [0.2, 0.25) is 0 Å². The first kappa shape index (κ1) is 16.1. The molecule has 0 aromatic heterocycles. The summed E-state index contributed by atoms with van der Waals surface area (Å²) in [7, 11) is 0. The summed E-state index contributed by atoms with van der Waals surface area (Å²) in [5.41, 5.74) is -1.18.